The molecule has 0 aliphatic heterocycles. The van der Waals surface area contributed by atoms with E-state index in [-0.39, 0.29) is 18.7 Å². The Bertz CT molecular complexity index is 1170. The Labute approximate surface area is 208 Å². The number of halogens is 3. The fraction of sp³-hybridized carbons (Fsp3) is 0.462. The molecule has 192 valence electrons. The number of unbranched alkanes of at least 4 members (excludes halogenated alkanes) is 2. The van der Waals surface area contributed by atoms with Gasteiger partial charge in [-0.05, 0) is 43.4 Å². The number of benzene rings is 1. The predicted molar refractivity (Wildman–Crippen MR) is 129 cm³/mol. The van der Waals surface area contributed by atoms with Gasteiger partial charge in [-0.1, -0.05) is 30.3 Å². The summed E-state index contributed by atoms with van der Waals surface area (Å²) < 4.78 is 45.1. The maximum atomic E-state index is 13.2. The van der Waals surface area contributed by atoms with E-state index in [9.17, 15) is 18.0 Å². The highest BCUT2D eigenvalue weighted by molar-refractivity contribution is 5.94. The maximum Gasteiger partial charge on any atom is 0.257 e. The van der Waals surface area contributed by atoms with Crippen LogP contribution in [-0.2, 0) is 17.8 Å². The molecule has 1 aliphatic carbocycles. The molecule has 1 saturated carbocycles. The third-order valence-electron chi connectivity index (χ3n) is 6.06. The minimum absolute atomic E-state index is 0.0117. The topological polar surface area (TPSA) is 77.1 Å². The van der Waals surface area contributed by atoms with Crippen LogP contribution in [0, 0.1) is 0 Å². The molecule has 4 rings (SSSR count). The molecular formula is C26H30F3N5O2. The van der Waals surface area contributed by atoms with Crippen molar-refractivity contribution in [2.24, 2.45) is 0 Å². The number of carbonyl (C=O) groups is 1. The van der Waals surface area contributed by atoms with E-state index in [1.54, 1.807) is 17.2 Å². The van der Waals surface area contributed by atoms with Crippen LogP contribution < -0.4 is 4.90 Å². The summed E-state index contributed by atoms with van der Waals surface area (Å²) in [6.45, 7) is 3.23. The predicted octanol–water partition coefficient (Wildman–Crippen LogP) is 6.09. The third kappa shape index (κ3) is 7.29. The van der Waals surface area contributed by atoms with Crippen LogP contribution in [0.2, 0.25) is 0 Å². The molecule has 36 heavy (non-hydrogen) atoms. The summed E-state index contributed by atoms with van der Waals surface area (Å²) in [5.74, 6) is 1.16. The van der Waals surface area contributed by atoms with Gasteiger partial charge < -0.3 is 9.42 Å². The quantitative estimate of drug-likeness (QED) is 0.250. The zero-order valence-corrected chi connectivity index (χ0v) is 20.1. The normalized spacial score (nSPS) is 13.3. The maximum absolute atomic E-state index is 13.2. The summed E-state index contributed by atoms with van der Waals surface area (Å²) in [5, 5.41) is 8.02. The smallest absolute Gasteiger partial charge is 0.257 e. The number of hydrogen-bond donors (Lipinski definition) is 0. The van der Waals surface area contributed by atoms with E-state index in [4.69, 9.17) is 4.52 Å². The van der Waals surface area contributed by atoms with E-state index >= 15 is 0 Å². The van der Waals surface area contributed by atoms with Gasteiger partial charge in [0.15, 0.2) is 5.82 Å². The van der Waals surface area contributed by atoms with Crippen molar-refractivity contribution in [2.75, 3.05) is 11.4 Å². The van der Waals surface area contributed by atoms with Gasteiger partial charge in [0, 0.05) is 49.2 Å². The summed E-state index contributed by atoms with van der Waals surface area (Å²) in [7, 11) is 0. The van der Waals surface area contributed by atoms with E-state index in [1.807, 2.05) is 18.2 Å². The molecule has 0 saturated heterocycles. The molecular weight excluding hydrogens is 471 g/mol. The first-order chi connectivity index (χ1) is 17.4. The largest absolute Gasteiger partial charge is 0.339 e. The average Bonchev–Trinajstić information content (AvgIpc) is 3.41. The first kappa shape index (κ1) is 25.7. The van der Waals surface area contributed by atoms with Crippen LogP contribution in [0.5, 0.6) is 0 Å². The van der Waals surface area contributed by atoms with Crippen LogP contribution >= 0.6 is 0 Å². The lowest BCUT2D eigenvalue weighted by molar-refractivity contribution is -0.118. The van der Waals surface area contributed by atoms with Gasteiger partial charge in [0.1, 0.15) is 6.54 Å². The van der Waals surface area contributed by atoms with Crippen molar-refractivity contribution in [1.82, 2.24) is 19.9 Å². The van der Waals surface area contributed by atoms with Crippen molar-refractivity contribution in [1.29, 1.82) is 0 Å². The second-order valence-electron chi connectivity index (χ2n) is 9.09. The van der Waals surface area contributed by atoms with Crippen LogP contribution in [0.4, 0.5) is 18.9 Å². The van der Waals surface area contributed by atoms with Crippen molar-refractivity contribution < 1.29 is 22.5 Å². The van der Waals surface area contributed by atoms with Crippen LogP contribution in [0.15, 0.2) is 53.6 Å². The second kappa shape index (κ2) is 12.0. The Morgan fingerprint density at radius 2 is 2.03 bits per heavy atom. The van der Waals surface area contributed by atoms with Gasteiger partial charge in [0.05, 0.1) is 12.0 Å². The molecule has 0 unspecified atom stereocenters. The highest BCUT2D eigenvalue weighted by Gasteiger charge is 2.28. The van der Waals surface area contributed by atoms with Gasteiger partial charge >= 0.3 is 0 Å². The minimum atomic E-state index is -2.50. The lowest BCUT2D eigenvalue weighted by atomic mass is 10.1. The Balaban J connectivity index is 1.38. The van der Waals surface area contributed by atoms with Crippen LogP contribution in [0.25, 0.3) is 11.1 Å². The molecule has 1 amide bonds. The molecule has 3 aromatic rings. The monoisotopic (exact) mass is 501 g/mol. The zero-order chi connectivity index (χ0) is 25.5. The number of carbonyl (C=O) groups excluding carboxylic acids is 1. The zero-order valence-electron chi connectivity index (χ0n) is 20.1. The van der Waals surface area contributed by atoms with Gasteiger partial charge in [-0.25, -0.2) is 13.2 Å². The van der Waals surface area contributed by atoms with Crippen LogP contribution in [0.1, 0.15) is 62.6 Å². The molecule has 2 heterocycles. The summed E-state index contributed by atoms with van der Waals surface area (Å²) in [5.41, 5.74) is 2.09. The van der Waals surface area contributed by atoms with Gasteiger partial charge in [-0.2, -0.15) is 10.1 Å². The Hall–Kier alpha value is -3.43. The lowest BCUT2D eigenvalue weighted by Crippen LogP contribution is -2.31. The number of hydrogen-bond acceptors (Lipinski definition) is 5. The summed E-state index contributed by atoms with van der Waals surface area (Å²) in [4.78, 5) is 19.1. The summed E-state index contributed by atoms with van der Waals surface area (Å²) in [6, 6.07) is 7.27. The fourth-order valence-corrected chi connectivity index (χ4v) is 3.98. The van der Waals surface area contributed by atoms with Crippen molar-refractivity contribution in [3.8, 4) is 11.1 Å². The number of amides is 1. The van der Waals surface area contributed by atoms with Crippen molar-refractivity contribution >= 4 is 11.6 Å². The van der Waals surface area contributed by atoms with E-state index < -0.39 is 18.8 Å². The molecule has 1 aliphatic rings. The molecule has 0 bridgehead atoms. The van der Waals surface area contributed by atoms with Gasteiger partial charge in [-0.15, -0.1) is 0 Å². The van der Waals surface area contributed by atoms with Crippen molar-refractivity contribution in [3.63, 3.8) is 0 Å². The van der Waals surface area contributed by atoms with Gasteiger partial charge in [0.2, 0.25) is 11.8 Å². The van der Waals surface area contributed by atoms with Crippen molar-refractivity contribution in [3.05, 3.63) is 60.8 Å². The van der Waals surface area contributed by atoms with Crippen LogP contribution in [0.3, 0.4) is 0 Å². The van der Waals surface area contributed by atoms with Crippen molar-refractivity contribution in [2.45, 2.75) is 70.3 Å². The number of aromatic nitrogens is 4. The second-order valence-corrected chi connectivity index (χ2v) is 9.09. The number of rotatable bonds is 14. The molecule has 7 nitrogen and oxygen atoms in total. The number of alkyl halides is 2. The average molecular weight is 502 g/mol. The number of allylic oxidation sites excluding steroid dienone is 1. The Morgan fingerprint density at radius 3 is 2.78 bits per heavy atom. The number of nitrogens with zero attached hydrogens (tertiary/aromatic N) is 5. The van der Waals surface area contributed by atoms with E-state index in [2.05, 4.69) is 21.8 Å². The number of aryl methyl sites for hydroxylation is 1. The first-order valence-electron chi connectivity index (χ1n) is 12.3. The number of anilines is 1. The summed E-state index contributed by atoms with van der Waals surface area (Å²) in [6.07, 6.45) is 5.92. The molecule has 2 aromatic heterocycles. The molecule has 1 fully saturated rings. The fourth-order valence-electron chi connectivity index (χ4n) is 3.98. The van der Waals surface area contributed by atoms with Crippen LogP contribution in [-0.4, -0.2) is 38.8 Å². The van der Waals surface area contributed by atoms with E-state index in [0.29, 0.717) is 36.0 Å². The summed E-state index contributed by atoms with van der Waals surface area (Å²) >= 11 is 0. The highest BCUT2D eigenvalue weighted by atomic mass is 19.3. The molecule has 0 radical (unpaired) electrons. The molecule has 0 N–H and O–H groups in total. The highest BCUT2D eigenvalue weighted by Crippen LogP contribution is 2.38. The molecule has 0 spiro atoms. The first-order valence-corrected chi connectivity index (χ1v) is 12.3. The Kier molecular flexibility index (Phi) is 8.56. The van der Waals surface area contributed by atoms with Gasteiger partial charge in [0.25, 0.3) is 6.43 Å². The molecule has 1 aromatic carbocycles. The molecule has 10 heteroatoms. The SMILES string of the molecule is C=C(F)CCC(=O)N(CCCCCc1nc(C2CC2)no1)c1cccc(-c2cnn(CC(F)F)c2)c1. The van der Waals surface area contributed by atoms with Gasteiger partial charge in [-0.3, -0.25) is 9.48 Å². The lowest BCUT2D eigenvalue weighted by Gasteiger charge is -2.23. The minimum Gasteiger partial charge on any atom is -0.339 e. The third-order valence-corrected chi connectivity index (χ3v) is 6.06. The standard InChI is InChI=1S/C26H30F3N5O2/c1-18(27)9-12-25(35)34(13-4-2-3-8-24-31-26(32-36-24)19-10-11-19)22-7-5-6-20(14-22)21-15-30-33(16-21)17-23(28)29/h5-7,14-16,19,23H,1-4,8-13,17H2. The van der Waals surface area contributed by atoms with E-state index in [0.717, 1.165) is 43.5 Å². The molecule has 0 atom stereocenters. The Morgan fingerprint density at radius 1 is 1.19 bits per heavy atom. The van der Waals surface area contributed by atoms with E-state index in [1.165, 1.54) is 10.9 Å².